The maximum atomic E-state index is 6.15. The molecule has 9 heteroatoms. The lowest BCUT2D eigenvalue weighted by molar-refractivity contribution is 0.583. The van der Waals surface area contributed by atoms with Gasteiger partial charge in [0.05, 0.1) is 0 Å². The number of hydrogen-bond acceptors (Lipinski definition) is 5. The molecule has 3 N–H and O–H groups in total. The average Bonchev–Trinajstić information content (AvgIpc) is 2.35. The van der Waals surface area contributed by atoms with Crippen molar-refractivity contribution >= 4 is 53.8 Å². The Balaban J connectivity index is 0.00000162. The maximum absolute atomic E-state index is 6.15. The van der Waals surface area contributed by atoms with Crippen molar-refractivity contribution in [3.63, 3.8) is 0 Å². The topological polar surface area (TPSA) is 67.1 Å². The summed E-state index contributed by atoms with van der Waals surface area (Å²) in [5, 5.41) is 4.01. The quantitative estimate of drug-likeness (QED) is 0.811. The Morgan fingerprint density at radius 1 is 1.16 bits per heavy atom. The Morgan fingerprint density at radius 3 is 2.37 bits per heavy atom. The largest absolute Gasteiger partial charge is 0.353 e. The van der Waals surface area contributed by atoms with Gasteiger partial charge in [0, 0.05) is 32.6 Å². The first kappa shape index (κ1) is 19.0. The van der Waals surface area contributed by atoms with E-state index < -0.39 is 0 Å². The number of nitrogens with two attached hydrogens (primary N) is 1. The average molecular weight is 349 g/mol. The van der Waals surface area contributed by atoms with Crippen LogP contribution in [0, 0.1) is 0 Å². The van der Waals surface area contributed by atoms with Crippen LogP contribution in [0.5, 0.6) is 0 Å². The highest BCUT2D eigenvalue weighted by atomic mass is 35.5. The normalized spacial score (nSPS) is 14.6. The lowest BCUT2D eigenvalue weighted by Gasteiger charge is -2.29. The summed E-state index contributed by atoms with van der Waals surface area (Å²) in [5.74, 6) is 1.37. The summed E-state index contributed by atoms with van der Waals surface area (Å²) in [6, 6.07) is 0. The number of anilines is 1. The van der Waals surface area contributed by atoms with Gasteiger partial charge >= 0.3 is 0 Å². The van der Waals surface area contributed by atoms with Crippen molar-refractivity contribution in [2.24, 2.45) is 5.73 Å². The molecule has 1 fully saturated rings. The molecule has 1 aromatic heterocycles. The fourth-order valence-corrected chi connectivity index (χ4v) is 2.16. The van der Waals surface area contributed by atoms with Gasteiger partial charge in [0.15, 0.2) is 11.0 Å². The summed E-state index contributed by atoms with van der Waals surface area (Å²) in [6.07, 6.45) is 0.607. The number of rotatable bonds is 3. The van der Waals surface area contributed by atoms with Gasteiger partial charge in [0.25, 0.3) is 0 Å². The highest BCUT2D eigenvalue weighted by Crippen LogP contribution is 2.29. The van der Waals surface area contributed by atoms with Gasteiger partial charge in [-0.1, -0.05) is 23.2 Å². The van der Waals surface area contributed by atoms with E-state index in [1.54, 1.807) is 0 Å². The highest BCUT2D eigenvalue weighted by Gasteiger charge is 2.18. The lowest BCUT2D eigenvalue weighted by Crippen LogP contribution is -2.44. The van der Waals surface area contributed by atoms with E-state index in [0.29, 0.717) is 29.0 Å². The minimum atomic E-state index is 0. The Bertz CT molecular complexity index is 398. The first-order valence-corrected chi connectivity index (χ1v) is 6.35. The minimum Gasteiger partial charge on any atom is -0.353 e. The maximum Gasteiger partial charge on any atom is 0.153 e. The van der Waals surface area contributed by atoms with E-state index in [0.717, 1.165) is 32.0 Å². The smallest absolute Gasteiger partial charge is 0.153 e. The van der Waals surface area contributed by atoms with Crippen LogP contribution >= 0.6 is 48.0 Å². The number of hydrogen-bond donors (Lipinski definition) is 2. The van der Waals surface area contributed by atoms with Crippen LogP contribution in [0.25, 0.3) is 0 Å². The third kappa shape index (κ3) is 4.77. The van der Waals surface area contributed by atoms with Crippen molar-refractivity contribution in [1.82, 2.24) is 15.3 Å². The van der Waals surface area contributed by atoms with E-state index in [1.165, 1.54) is 0 Å². The molecule has 0 unspecified atom stereocenters. The molecule has 1 aliphatic rings. The second kappa shape index (κ2) is 9.00. The number of nitrogens with zero attached hydrogens (tertiary/aromatic N) is 3. The zero-order valence-electron chi connectivity index (χ0n) is 10.2. The van der Waals surface area contributed by atoms with Crippen molar-refractivity contribution < 1.29 is 0 Å². The van der Waals surface area contributed by atoms with E-state index >= 15 is 0 Å². The van der Waals surface area contributed by atoms with Crippen LogP contribution in [0.2, 0.25) is 10.2 Å². The van der Waals surface area contributed by atoms with Crippen LogP contribution in [0.1, 0.15) is 5.82 Å². The van der Waals surface area contributed by atoms with E-state index in [4.69, 9.17) is 28.9 Å². The zero-order valence-corrected chi connectivity index (χ0v) is 13.4. The monoisotopic (exact) mass is 347 g/mol. The van der Waals surface area contributed by atoms with Crippen molar-refractivity contribution in [1.29, 1.82) is 0 Å². The lowest BCUT2D eigenvalue weighted by atomic mass is 10.3. The Morgan fingerprint density at radius 2 is 1.79 bits per heavy atom. The molecule has 0 aliphatic carbocycles. The van der Waals surface area contributed by atoms with Gasteiger partial charge < -0.3 is 16.0 Å². The summed E-state index contributed by atoms with van der Waals surface area (Å²) in [4.78, 5) is 10.7. The molecule has 5 nitrogen and oxygen atoms in total. The van der Waals surface area contributed by atoms with E-state index in [9.17, 15) is 0 Å². The predicted molar refractivity (Wildman–Crippen MR) is 84.4 cm³/mol. The number of piperazine rings is 1. The van der Waals surface area contributed by atoms with Crippen LogP contribution < -0.4 is 16.0 Å². The minimum absolute atomic E-state index is 0. The molecule has 2 heterocycles. The Labute approximate surface area is 135 Å². The van der Waals surface area contributed by atoms with Crippen molar-refractivity contribution in [2.75, 3.05) is 37.6 Å². The molecule has 0 bridgehead atoms. The van der Waals surface area contributed by atoms with E-state index in [2.05, 4.69) is 20.2 Å². The summed E-state index contributed by atoms with van der Waals surface area (Å²) in [6.45, 7) is 4.08. The molecule has 0 amide bonds. The fraction of sp³-hybridized carbons (Fsp3) is 0.600. The van der Waals surface area contributed by atoms with Crippen molar-refractivity contribution in [2.45, 2.75) is 6.42 Å². The number of aromatic nitrogens is 2. The molecular weight excluding hydrogens is 332 g/mol. The van der Waals surface area contributed by atoms with Gasteiger partial charge in [0.1, 0.15) is 10.8 Å². The van der Waals surface area contributed by atoms with Crippen molar-refractivity contribution in [3.05, 3.63) is 16.0 Å². The summed E-state index contributed by atoms with van der Waals surface area (Å²) >= 11 is 12.2. The number of halogens is 4. The molecule has 0 aromatic carbocycles. The van der Waals surface area contributed by atoms with E-state index in [-0.39, 0.29) is 24.8 Å². The van der Waals surface area contributed by atoms with Gasteiger partial charge in [-0.3, -0.25) is 0 Å². The fourth-order valence-electron chi connectivity index (χ4n) is 1.78. The van der Waals surface area contributed by atoms with Gasteiger partial charge in [-0.25, -0.2) is 9.97 Å². The molecule has 110 valence electrons. The van der Waals surface area contributed by atoms with Gasteiger partial charge in [-0.2, -0.15) is 0 Å². The van der Waals surface area contributed by atoms with Gasteiger partial charge in [-0.05, 0) is 6.54 Å². The Kier molecular flexibility index (Phi) is 8.98. The molecule has 0 atom stereocenters. The molecule has 0 spiro atoms. The summed E-state index contributed by atoms with van der Waals surface area (Å²) in [7, 11) is 0. The molecule has 0 radical (unpaired) electrons. The van der Waals surface area contributed by atoms with E-state index in [1.807, 2.05) is 0 Å². The summed E-state index contributed by atoms with van der Waals surface area (Å²) < 4.78 is 0. The SMILES string of the molecule is Cl.Cl.NCCc1nc(Cl)c(Cl)c(N2CCNCC2)n1. The molecule has 0 saturated carbocycles. The van der Waals surface area contributed by atoms with Crippen LogP contribution in [-0.2, 0) is 6.42 Å². The second-order valence-corrected chi connectivity index (χ2v) is 4.58. The molecule has 1 aromatic rings. The van der Waals surface area contributed by atoms with Crippen LogP contribution in [0.15, 0.2) is 0 Å². The third-order valence-corrected chi connectivity index (χ3v) is 3.34. The van der Waals surface area contributed by atoms with Gasteiger partial charge in [-0.15, -0.1) is 24.8 Å². The predicted octanol–water partition coefficient (Wildman–Crippen LogP) is 1.54. The van der Waals surface area contributed by atoms with Crippen molar-refractivity contribution in [3.8, 4) is 0 Å². The van der Waals surface area contributed by atoms with Crippen LogP contribution in [0.3, 0.4) is 0 Å². The standard InChI is InChI=1S/C10H15Cl2N5.2ClH/c11-8-9(12)15-7(1-2-13)16-10(8)17-5-3-14-4-6-17;;/h14H,1-6,13H2;2*1H. The molecule has 2 rings (SSSR count). The van der Waals surface area contributed by atoms with Crippen LogP contribution in [0.4, 0.5) is 5.82 Å². The molecule has 19 heavy (non-hydrogen) atoms. The Hall–Kier alpha value is -0.0400. The molecule has 1 aliphatic heterocycles. The summed E-state index contributed by atoms with van der Waals surface area (Å²) in [5.41, 5.74) is 5.50. The molecule has 1 saturated heterocycles. The highest BCUT2D eigenvalue weighted by molar-refractivity contribution is 6.42. The first-order chi connectivity index (χ1) is 8.22. The molecular formula is C10H17Cl4N5. The van der Waals surface area contributed by atoms with Crippen LogP contribution in [-0.4, -0.2) is 42.7 Å². The first-order valence-electron chi connectivity index (χ1n) is 5.60. The van der Waals surface area contributed by atoms with Gasteiger partial charge in [0.2, 0.25) is 0 Å². The zero-order chi connectivity index (χ0) is 12.3. The number of nitrogens with one attached hydrogen (secondary N) is 1. The second-order valence-electron chi connectivity index (χ2n) is 3.84. The third-order valence-electron chi connectivity index (χ3n) is 2.62.